The lowest BCUT2D eigenvalue weighted by atomic mass is 10.2. The third-order valence-corrected chi connectivity index (χ3v) is 12.1. The summed E-state index contributed by atoms with van der Waals surface area (Å²) in [5.74, 6) is 0. The van der Waals surface area contributed by atoms with Gasteiger partial charge in [0, 0.05) is 19.7 Å². The quantitative estimate of drug-likeness (QED) is 0.131. The SMILES string of the molecule is O=[PH](OCc1cc2ccc(Br)cc2n1S(=O)(=O)c1ccccc1)OCc1cc2ccc(Br)cc2n1S(=O)(=O)c1ccccc1. The predicted octanol–water partition coefficient (Wildman–Crippen LogP) is 7.72. The lowest BCUT2D eigenvalue weighted by Crippen LogP contribution is -2.16. The first-order chi connectivity index (χ1) is 21.1. The molecule has 0 atom stereocenters. The van der Waals surface area contributed by atoms with E-state index in [0.717, 1.165) is 0 Å². The summed E-state index contributed by atoms with van der Waals surface area (Å²) >= 11 is 6.81. The van der Waals surface area contributed by atoms with E-state index in [0.29, 0.717) is 30.8 Å². The lowest BCUT2D eigenvalue weighted by molar-refractivity contribution is 0.208. The summed E-state index contributed by atoms with van der Waals surface area (Å²) in [6, 6.07) is 29.8. The second-order valence-electron chi connectivity index (χ2n) is 9.67. The van der Waals surface area contributed by atoms with Crippen molar-refractivity contribution in [2.45, 2.75) is 23.0 Å². The smallest absolute Gasteiger partial charge is 0.304 e. The van der Waals surface area contributed by atoms with E-state index in [2.05, 4.69) is 31.9 Å². The first kappa shape index (κ1) is 31.0. The highest BCUT2D eigenvalue weighted by molar-refractivity contribution is 9.10. The molecule has 9 nitrogen and oxygen atoms in total. The number of benzene rings is 4. The molecular weight excluding hydrogens is 755 g/mol. The van der Waals surface area contributed by atoms with Crippen molar-refractivity contribution in [3.63, 3.8) is 0 Å². The van der Waals surface area contributed by atoms with Crippen molar-refractivity contribution in [3.05, 3.63) is 130 Å². The van der Waals surface area contributed by atoms with E-state index in [1.54, 1.807) is 84.9 Å². The normalized spacial score (nSPS) is 12.4. The average Bonchev–Trinajstić information content (AvgIpc) is 3.58. The molecule has 0 amide bonds. The van der Waals surface area contributed by atoms with Gasteiger partial charge in [0.25, 0.3) is 20.0 Å². The van der Waals surface area contributed by atoms with Crippen molar-refractivity contribution < 1.29 is 30.4 Å². The summed E-state index contributed by atoms with van der Waals surface area (Å²) in [7, 11) is -11.3. The fourth-order valence-corrected chi connectivity index (χ4v) is 9.29. The molecule has 2 heterocycles. The van der Waals surface area contributed by atoms with Crippen molar-refractivity contribution in [1.82, 2.24) is 7.94 Å². The van der Waals surface area contributed by atoms with Gasteiger partial charge in [-0.05, 0) is 60.7 Å². The molecule has 0 spiro atoms. The van der Waals surface area contributed by atoms with Crippen molar-refractivity contribution in [2.75, 3.05) is 0 Å². The summed E-state index contributed by atoms with van der Waals surface area (Å²) < 4.78 is 82.5. The molecule has 6 aromatic rings. The van der Waals surface area contributed by atoms with Gasteiger partial charge in [0.1, 0.15) is 0 Å². The highest BCUT2D eigenvalue weighted by Crippen LogP contribution is 2.34. The van der Waals surface area contributed by atoms with Crippen LogP contribution in [0.3, 0.4) is 0 Å². The monoisotopic (exact) mass is 776 g/mol. The van der Waals surface area contributed by atoms with Crippen molar-refractivity contribution in [3.8, 4) is 0 Å². The van der Waals surface area contributed by atoms with Gasteiger partial charge in [-0.2, -0.15) is 0 Å². The number of hydrogen-bond donors (Lipinski definition) is 0. The summed E-state index contributed by atoms with van der Waals surface area (Å²) in [5, 5.41) is 1.29. The van der Waals surface area contributed by atoms with Gasteiger partial charge in [-0.15, -0.1) is 0 Å². The molecule has 226 valence electrons. The van der Waals surface area contributed by atoms with Crippen LogP contribution in [0.2, 0.25) is 0 Å². The maximum Gasteiger partial charge on any atom is 0.319 e. The van der Waals surface area contributed by atoms with Gasteiger partial charge in [-0.25, -0.2) is 24.8 Å². The van der Waals surface area contributed by atoms with Crippen molar-refractivity contribution in [1.29, 1.82) is 0 Å². The van der Waals surface area contributed by atoms with Crippen LogP contribution >= 0.6 is 40.1 Å². The van der Waals surface area contributed by atoms with Crippen LogP contribution in [0.25, 0.3) is 21.8 Å². The third kappa shape index (κ3) is 5.97. The van der Waals surface area contributed by atoms with Crippen LogP contribution in [0.15, 0.2) is 128 Å². The van der Waals surface area contributed by atoms with Crippen LogP contribution in [0.4, 0.5) is 0 Å². The van der Waals surface area contributed by atoms with Crippen LogP contribution < -0.4 is 0 Å². The molecule has 44 heavy (non-hydrogen) atoms. The molecule has 0 bridgehead atoms. The number of rotatable bonds is 10. The summed E-state index contributed by atoms with van der Waals surface area (Å²) in [4.78, 5) is 0.170. The Labute approximate surface area is 271 Å². The number of fused-ring (bicyclic) bond motifs is 2. The topological polar surface area (TPSA) is 114 Å². The van der Waals surface area contributed by atoms with E-state index in [4.69, 9.17) is 9.05 Å². The fourth-order valence-electron chi connectivity index (χ4n) is 4.89. The first-order valence-electron chi connectivity index (χ1n) is 13.1. The van der Waals surface area contributed by atoms with E-state index in [1.165, 1.54) is 32.2 Å². The van der Waals surface area contributed by atoms with Crippen LogP contribution in [-0.4, -0.2) is 24.8 Å². The summed E-state index contributed by atoms with van der Waals surface area (Å²) in [6.07, 6.45) is 0. The molecule has 4 aromatic carbocycles. The van der Waals surface area contributed by atoms with Gasteiger partial charge >= 0.3 is 8.25 Å². The maximum atomic E-state index is 13.7. The molecule has 2 aromatic heterocycles. The van der Waals surface area contributed by atoms with Gasteiger partial charge in [0.15, 0.2) is 0 Å². The van der Waals surface area contributed by atoms with Gasteiger partial charge < -0.3 is 9.05 Å². The molecule has 0 unspecified atom stereocenters. The van der Waals surface area contributed by atoms with Crippen LogP contribution in [-0.2, 0) is 46.9 Å². The van der Waals surface area contributed by atoms with Gasteiger partial charge in [0.2, 0.25) is 0 Å². The zero-order valence-corrected chi connectivity index (χ0v) is 28.4. The Hall–Kier alpha value is -3.03. The standard InChI is InChI=1S/C30H23Br2N2O7PS2/c31-23-13-11-21-15-25(33(29(21)17-23)43(36,37)27-7-3-1-4-8-27)19-40-42(35)41-20-26-16-22-12-14-24(32)18-30(22)34(26)44(38,39)28-9-5-2-6-10-28/h1-18,42H,19-20H2. The molecule has 0 aliphatic carbocycles. The zero-order valence-electron chi connectivity index (χ0n) is 22.6. The number of hydrogen-bond acceptors (Lipinski definition) is 7. The van der Waals surface area contributed by atoms with E-state index in [9.17, 15) is 21.4 Å². The third-order valence-electron chi connectivity index (χ3n) is 6.83. The fraction of sp³-hybridized carbons (Fsp3) is 0.0667. The highest BCUT2D eigenvalue weighted by atomic mass is 79.9. The lowest BCUT2D eigenvalue weighted by Gasteiger charge is -2.14. The highest BCUT2D eigenvalue weighted by Gasteiger charge is 2.25. The molecule has 0 radical (unpaired) electrons. The number of halogens is 2. The predicted molar refractivity (Wildman–Crippen MR) is 176 cm³/mol. The van der Waals surface area contributed by atoms with E-state index in [1.807, 2.05) is 0 Å². The molecule has 0 N–H and O–H groups in total. The molecule has 0 aliphatic rings. The molecule has 0 aliphatic heterocycles. The number of nitrogens with zero attached hydrogens (tertiary/aromatic N) is 2. The van der Waals surface area contributed by atoms with Crippen LogP contribution in [0, 0.1) is 0 Å². The molecule has 6 rings (SSSR count). The van der Waals surface area contributed by atoms with E-state index >= 15 is 0 Å². The molecule has 14 heteroatoms. The minimum atomic E-state index is -4.03. The van der Waals surface area contributed by atoms with Gasteiger partial charge in [-0.1, -0.05) is 80.4 Å². The Bertz CT molecular complexity index is 2100. The molecule has 0 saturated carbocycles. The summed E-state index contributed by atoms with van der Waals surface area (Å²) in [6.45, 7) is -0.678. The second kappa shape index (κ2) is 12.4. The summed E-state index contributed by atoms with van der Waals surface area (Å²) in [5.41, 5.74) is 1.33. The largest absolute Gasteiger partial charge is 0.319 e. The van der Waals surface area contributed by atoms with Gasteiger partial charge in [-0.3, -0.25) is 4.57 Å². The Kier molecular flexibility index (Phi) is 8.73. The van der Waals surface area contributed by atoms with E-state index < -0.39 is 28.3 Å². The Morgan fingerprint density at radius 3 is 1.34 bits per heavy atom. The number of aromatic nitrogens is 2. The second-order valence-corrected chi connectivity index (χ2v) is 16.2. The Morgan fingerprint density at radius 2 is 0.955 bits per heavy atom. The van der Waals surface area contributed by atoms with Crippen LogP contribution in [0.5, 0.6) is 0 Å². The first-order valence-corrected chi connectivity index (χ1v) is 18.8. The van der Waals surface area contributed by atoms with Crippen molar-refractivity contribution in [2.24, 2.45) is 0 Å². The minimum absolute atomic E-state index is 0.0849. The Balaban J connectivity index is 1.28. The molecule has 0 fully saturated rings. The maximum absolute atomic E-state index is 13.7. The Morgan fingerprint density at radius 1 is 0.568 bits per heavy atom. The van der Waals surface area contributed by atoms with E-state index in [-0.39, 0.29) is 34.4 Å². The zero-order chi connectivity index (χ0) is 31.1. The minimum Gasteiger partial charge on any atom is -0.304 e. The van der Waals surface area contributed by atoms with Gasteiger partial charge in [0.05, 0.1) is 45.4 Å². The van der Waals surface area contributed by atoms with Crippen molar-refractivity contribution >= 4 is 82.0 Å². The molecular formula is C30H23Br2N2O7PS2. The average molecular weight is 778 g/mol. The van der Waals surface area contributed by atoms with Crippen LogP contribution in [0.1, 0.15) is 11.4 Å². The molecule has 0 saturated heterocycles.